The van der Waals surface area contributed by atoms with Crippen LogP contribution in [0.15, 0.2) is 42.5 Å². The lowest BCUT2D eigenvalue weighted by Crippen LogP contribution is -2.34. The molecule has 0 aliphatic heterocycles. The van der Waals surface area contributed by atoms with E-state index in [1.165, 1.54) is 5.39 Å². The molecule has 0 spiro atoms. The van der Waals surface area contributed by atoms with Crippen LogP contribution in [0.4, 0.5) is 0 Å². The van der Waals surface area contributed by atoms with Crippen LogP contribution in [0.5, 0.6) is 0 Å². The molecule has 2 aromatic rings. The molecule has 1 fully saturated rings. The number of fused-ring (bicyclic) bond motifs is 1. The van der Waals surface area contributed by atoms with Crippen LogP contribution >= 0.6 is 0 Å². The van der Waals surface area contributed by atoms with Crippen LogP contribution in [0.1, 0.15) is 37.3 Å². The van der Waals surface area contributed by atoms with E-state index in [1.807, 2.05) is 36.4 Å². The van der Waals surface area contributed by atoms with Crippen LogP contribution in [0.2, 0.25) is 0 Å². The summed E-state index contributed by atoms with van der Waals surface area (Å²) in [5, 5.41) is 14.9. The van der Waals surface area contributed by atoms with Gasteiger partial charge in [0, 0.05) is 5.92 Å². The number of carbonyl (C=O) groups excluding carboxylic acids is 1. The Morgan fingerprint density at radius 3 is 2.57 bits per heavy atom. The van der Waals surface area contributed by atoms with Gasteiger partial charge < -0.3 is 10.4 Å². The van der Waals surface area contributed by atoms with Crippen LogP contribution in [0.25, 0.3) is 10.8 Å². The van der Waals surface area contributed by atoms with Gasteiger partial charge in [0.15, 0.2) is 0 Å². The fourth-order valence-electron chi connectivity index (χ4n) is 3.14. The molecule has 21 heavy (non-hydrogen) atoms. The quantitative estimate of drug-likeness (QED) is 0.905. The zero-order chi connectivity index (χ0) is 14.7. The normalized spacial score (nSPS) is 17.0. The molecule has 1 aliphatic rings. The Labute approximate surface area is 125 Å². The number of rotatable bonds is 4. The van der Waals surface area contributed by atoms with Gasteiger partial charge in [-0.15, -0.1) is 0 Å². The molecular formula is C18H21NO2. The van der Waals surface area contributed by atoms with Gasteiger partial charge in [0.2, 0.25) is 5.91 Å². The van der Waals surface area contributed by atoms with E-state index in [-0.39, 0.29) is 24.5 Å². The van der Waals surface area contributed by atoms with Gasteiger partial charge in [0.1, 0.15) is 0 Å². The van der Waals surface area contributed by atoms with Gasteiger partial charge in [-0.2, -0.15) is 0 Å². The maximum Gasteiger partial charge on any atom is 0.223 e. The lowest BCUT2D eigenvalue weighted by molar-refractivity contribution is -0.125. The molecule has 1 saturated carbocycles. The Hall–Kier alpha value is -1.87. The number of hydrogen-bond acceptors (Lipinski definition) is 2. The second-order valence-electron chi connectivity index (χ2n) is 5.83. The average Bonchev–Trinajstić information content (AvgIpc) is 3.06. The summed E-state index contributed by atoms with van der Waals surface area (Å²) in [6.45, 7) is -0.0726. The van der Waals surface area contributed by atoms with Crippen LogP contribution in [0.3, 0.4) is 0 Å². The maximum absolute atomic E-state index is 12.2. The van der Waals surface area contributed by atoms with Crippen LogP contribution in [-0.4, -0.2) is 17.6 Å². The Bertz CT molecular complexity index is 632. The third kappa shape index (κ3) is 3.08. The third-order valence-electron chi connectivity index (χ3n) is 4.40. The number of hydrogen-bond donors (Lipinski definition) is 2. The predicted octanol–water partition coefficient (Wildman–Crippen LogP) is 3.18. The fourth-order valence-corrected chi connectivity index (χ4v) is 3.14. The fraction of sp³-hybridized carbons (Fsp3) is 0.389. The summed E-state index contributed by atoms with van der Waals surface area (Å²) < 4.78 is 0. The first-order chi connectivity index (χ1) is 10.3. The molecule has 110 valence electrons. The molecule has 1 unspecified atom stereocenters. The third-order valence-corrected chi connectivity index (χ3v) is 4.40. The molecule has 0 bridgehead atoms. The molecule has 3 rings (SSSR count). The number of nitrogens with one attached hydrogen (secondary N) is 1. The topological polar surface area (TPSA) is 49.3 Å². The number of benzene rings is 2. The Morgan fingerprint density at radius 2 is 1.86 bits per heavy atom. The number of aliphatic hydroxyl groups excluding tert-OH is 1. The van der Waals surface area contributed by atoms with Gasteiger partial charge >= 0.3 is 0 Å². The molecule has 3 heteroatoms. The van der Waals surface area contributed by atoms with Crippen LogP contribution < -0.4 is 5.32 Å². The van der Waals surface area contributed by atoms with E-state index in [9.17, 15) is 9.90 Å². The summed E-state index contributed by atoms with van der Waals surface area (Å²) in [4.78, 5) is 12.2. The van der Waals surface area contributed by atoms with Crippen molar-refractivity contribution in [1.82, 2.24) is 5.32 Å². The van der Waals surface area contributed by atoms with Gasteiger partial charge in [0.05, 0.1) is 12.6 Å². The van der Waals surface area contributed by atoms with E-state index in [4.69, 9.17) is 0 Å². The van der Waals surface area contributed by atoms with E-state index in [2.05, 4.69) is 11.4 Å². The minimum atomic E-state index is -0.317. The first-order valence-corrected chi connectivity index (χ1v) is 7.68. The lowest BCUT2D eigenvalue weighted by Gasteiger charge is -2.19. The van der Waals surface area contributed by atoms with E-state index in [0.717, 1.165) is 36.6 Å². The molecule has 1 aliphatic carbocycles. The smallest absolute Gasteiger partial charge is 0.223 e. The molecular weight excluding hydrogens is 262 g/mol. The van der Waals surface area contributed by atoms with Crippen molar-refractivity contribution in [1.29, 1.82) is 0 Å². The number of carbonyl (C=O) groups is 1. The monoisotopic (exact) mass is 283 g/mol. The van der Waals surface area contributed by atoms with E-state index >= 15 is 0 Å². The van der Waals surface area contributed by atoms with Gasteiger partial charge in [-0.1, -0.05) is 49.2 Å². The highest BCUT2D eigenvalue weighted by atomic mass is 16.3. The summed E-state index contributed by atoms with van der Waals surface area (Å²) in [7, 11) is 0. The second kappa shape index (κ2) is 6.27. The largest absolute Gasteiger partial charge is 0.394 e. The van der Waals surface area contributed by atoms with Gasteiger partial charge in [0.25, 0.3) is 0 Å². The van der Waals surface area contributed by atoms with E-state index < -0.39 is 0 Å². The Kier molecular flexibility index (Phi) is 4.20. The van der Waals surface area contributed by atoms with Gasteiger partial charge in [-0.25, -0.2) is 0 Å². The summed E-state index contributed by atoms with van der Waals surface area (Å²) in [5.74, 6) is 0.208. The molecule has 1 amide bonds. The highest BCUT2D eigenvalue weighted by molar-refractivity contribution is 5.83. The SMILES string of the molecule is O=C(NC(CO)c1ccc2ccccc2c1)C1CCCC1. The minimum absolute atomic E-state index is 0.0726. The van der Waals surface area contributed by atoms with Crippen molar-refractivity contribution in [3.8, 4) is 0 Å². The molecule has 0 radical (unpaired) electrons. The maximum atomic E-state index is 12.2. The van der Waals surface area contributed by atoms with E-state index in [0.29, 0.717) is 0 Å². The number of aliphatic hydroxyl groups is 1. The first kappa shape index (κ1) is 14.1. The van der Waals surface area contributed by atoms with Crippen LogP contribution in [0, 0.1) is 5.92 Å². The number of amides is 1. The van der Waals surface area contributed by atoms with Gasteiger partial charge in [-0.05, 0) is 35.2 Å². The Morgan fingerprint density at radius 1 is 1.14 bits per heavy atom. The van der Waals surface area contributed by atoms with Crippen molar-refractivity contribution in [2.24, 2.45) is 5.92 Å². The van der Waals surface area contributed by atoms with Crippen molar-refractivity contribution >= 4 is 16.7 Å². The molecule has 1 atom stereocenters. The molecule has 0 heterocycles. The Balaban J connectivity index is 1.78. The van der Waals surface area contributed by atoms with Gasteiger partial charge in [-0.3, -0.25) is 4.79 Å². The predicted molar refractivity (Wildman–Crippen MR) is 83.9 cm³/mol. The van der Waals surface area contributed by atoms with Crippen molar-refractivity contribution in [2.75, 3.05) is 6.61 Å². The molecule has 3 nitrogen and oxygen atoms in total. The lowest BCUT2D eigenvalue weighted by atomic mass is 10.0. The zero-order valence-corrected chi connectivity index (χ0v) is 12.1. The summed E-state index contributed by atoms with van der Waals surface area (Å²) in [6, 6.07) is 13.9. The highest BCUT2D eigenvalue weighted by Gasteiger charge is 2.25. The summed E-state index contributed by atoms with van der Waals surface area (Å²) >= 11 is 0. The summed E-state index contributed by atoms with van der Waals surface area (Å²) in [6.07, 6.45) is 4.22. The second-order valence-corrected chi connectivity index (χ2v) is 5.83. The first-order valence-electron chi connectivity index (χ1n) is 7.68. The van der Waals surface area contributed by atoms with Crippen molar-refractivity contribution < 1.29 is 9.90 Å². The standard InChI is InChI=1S/C18H21NO2/c20-12-17(19-18(21)14-6-2-3-7-14)16-10-9-13-5-1-4-8-15(13)11-16/h1,4-5,8-11,14,17,20H,2-3,6-7,12H2,(H,19,21). The minimum Gasteiger partial charge on any atom is -0.394 e. The van der Waals surface area contributed by atoms with Crippen molar-refractivity contribution in [3.63, 3.8) is 0 Å². The highest BCUT2D eigenvalue weighted by Crippen LogP contribution is 2.26. The van der Waals surface area contributed by atoms with Crippen molar-refractivity contribution in [3.05, 3.63) is 48.0 Å². The molecule has 2 N–H and O–H groups in total. The summed E-state index contributed by atoms with van der Waals surface area (Å²) in [5.41, 5.74) is 0.961. The zero-order valence-electron chi connectivity index (χ0n) is 12.1. The average molecular weight is 283 g/mol. The van der Waals surface area contributed by atoms with E-state index in [1.54, 1.807) is 0 Å². The molecule has 0 aromatic heterocycles. The molecule has 0 saturated heterocycles. The van der Waals surface area contributed by atoms with Crippen LogP contribution in [-0.2, 0) is 4.79 Å². The molecule has 2 aromatic carbocycles. The van der Waals surface area contributed by atoms with Crippen molar-refractivity contribution in [2.45, 2.75) is 31.7 Å².